The second-order valence-corrected chi connectivity index (χ2v) is 9.93. The zero-order valence-corrected chi connectivity index (χ0v) is 20.3. The van der Waals surface area contributed by atoms with Gasteiger partial charge in [-0.15, -0.1) is 0 Å². The Hall–Kier alpha value is -2.56. The first-order valence-electron chi connectivity index (χ1n) is 13.1. The lowest BCUT2D eigenvalue weighted by Gasteiger charge is -2.33. The Morgan fingerprint density at radius 2 is 1.53 bits per heavy atom. The van der Waals surface area contributed by atoms with Crippen molar-refractivity contribution in [3.63, 3.8) is 0 Å². The molecule has 0 bridgehead atoms. The Kier molecular flexibility index (Phi) is 7.67. The maximum Gasteiger partial charge on any atom is 0.119 e. The smallest absolute Gasteiger partial charge is 0.119 e. The van der Waals surface area contributed by atoms with E-state index in [1.54, 1.807) is 0 Å². The molecule has 3 aromatic rings. The first-order chi connectivity index (χ1) is 16.8. The summed E-state index contributed by atoms with van der Waals surface area (Å²) in [6, 6.07) is 21.9. The Morgan fingerprint density at radius 3 is 2.29 bits per heavy atom. The number of ether oxygens (including phenoxy) is 1. The van der Waals surface area contributed by atoms with E-state index in [0.29, 0.717) is 0 Å². The summed E-state index contributed by atoms with van der Waals surface area (Å²) in [6.45, 7) is 6.03. The molecule has 5 rings (SSSR count). The number of aliphatic hydroxyl groups excluding tert-OH is 1. The van der Waals surface area contributed by atoms with Gasteiger partial charge in [-0.25, -0.2) is 0 Å². The monoisotopic (exact) mass is 458 g/mol. The van der Waals surface area contributed by atoms with Gasteiger partial charge in [-0.2, -0.15) is 0 Å². The van der Waals surface area contributed by atoms with Crippen LogP contribution in [0.4, 0.5) is 5.69 Å². The van der Waals surface area contributed by atoms with Crippen molar-refractivity contribution in [3.05, 3.63) is 71.8 Å². The number of hydrogen-bond donors (Lipinski definition) is 1. The second kappa shape index (κ2) is 11.2. The Labute approximate surface area is 204 Å². The number of nitrogens with zero attached hydrogens (tertiary/aromatic N) is 2. The van der Waals surface area contributed by atoms with Crippen LogP contribution in [0.5, 0.6) is 5.75 Å². The highest BCUT2D eigenvalue weighted by Gasteiger charge is 2.20. The van der Waals surface area contributed by atoms with Crippen molar-refractivity contribution < 1.29 is 9.84 Å². The predicted octanol–water partition coefficient (Wildman–Crippen LogP) is 5.65. The van der Waals surface area contributed by atoms with Crippen molar-refractivity contribution in [2.24, 2.45) is 0 Å². The van der Waals surface area contributed by atoms with E-state index in [0.717, 1.165) is 51.3 Å². The van der Waals surface area contributed by atoms with Gasteiger partial charge < -0.3 is 14.7 Å². The lowest BCUT2D eigenvalue weighted by atomic mass is 9.95. The van der Waals surface area contributed by atoms with Crippen LogP contribution in [0.2, 0.25) is 0 Å². The van der Waals surface area contributed by atoms with E-state index in [2.05, 4.69) is 70.5 Å². The predicted molar refractivity (Wildman–Crippen MR) is 141 cm³/mol. The minimum absolute atomic E-state index is 0.160. The highest BCUT2D eigenvalue weighted by molar-refractivity contribution is 5.90. The third-order valence-corrected chi connectivity index (χ3v) is 7.50. The standard InChI is InChI=1S/C30H38N2O2/c33-26-15-19-32(20-16-26)30-14-11-25-7-3-4-8-28(25)29(30)23-24-9-12-27(13-10-24)34-22-21-31-17-5-1-2-6-18-31/h3-4,7-14,26,33H,1-2,5-6,15-23H2. The van der Waals surface area contributed by atoms with E-state index in [9.17, 15) is 5.11 Å². The highest BCUT2D eigenvalue weighted by Crippen LogP contribution is 2.33. The van der Waals surface area contributed by atoms with Gasteiger partial charge in [0, 0.05) is 31.7 Å². The molecule has 2 aliphatic rings. The molecule has 3 aromatic carbocycles. The summed E-state index contributed by atoms with van der Waals surface area (Å²) in [4.78, 5) is 5.00. The zero-order chi connectivity index (χ0) is 23.2. The van der Waals surface area contributed by atoms with Crippen LogP contribution < -0.4 is 9.64 Å². The molecular weight excluding hydrogens is 420 g/mol. The van der Waals surface area contributed by atoms with Crippen LogP contribution in [0.15, 0.2) is 60.7 Å². The number of hydrogen-bond acceptors (Lipinski definition) is 4. The minimum Gasteiger partial charge on any atom is -0.492 e. The fourth-order valence-corrected chi connectivity index (χ4v) is 5.47. The van der Waals surface area contributed by atoms with E-state index in [-0.39, 0.29) is 6.10 Å². The van der Waals surface area contributed by atoms with Crippen LogP contribution in [0.1, 0.15) is 49.7 Å². The molecule has 0 saturated carbocycles. The molecule has 4 nitrogen and oxygen atoms in total. The van der Waals surface area contributed by atoms with Gasteiger partial charge in [0.15, 0.2) is 0 Å². The molecule has 0 amide bonds. The molecule has 0 aliphatic carbocycles. The van der Waals surface area contributed by atoms with Gasteiger partial charge in [0.1, 0.15) is 12.4 Å². The van der Waals surface area contributed by atoms with Crippen LogP contribution in [0.25, 0.3) is 10.8 Å². The van der Waals surface area contributed by atoms with Crippen LogP contribution in [0.3, 0.4) is 0 Å². The molecule has 2 aliphatic heterocycles. The second-order valence-electron chi connectivity index (χ2n) is 9.93. The SMILES string of the molecule is OC1CCN(c2ccc3ccccc3c2Cc2ccc(OCCN3CCCCCC3)cc2)CC1. The molecule has 0 aromatic heterocycles. The Morgan fingerprint density at radius 1 is 0.794 bits per heavy atom. The van der Waals surface area contributed by atoms with Crippen LogP contribution >= 0.6 is 0 Å². The van der Waals surface area contributed by atoms with Crippen molar-refractivity contribution >= 4 is 16.5 Å². The Balaban J connectivity index is 1.28. The molecule has 0 unspecified atom stereocenters. The molecule has 0 spiro atoms. The molecule has 2 saturated heterocycles. The van der Waals surface area contributed by atoms with Gasteiger partial charge in [-0.1, -0.05) is 55.3 Å². The van der Waals surface area contributed by atoms with Crippen molar-refractivity contribution in [3.8, 4) is 5.75 Å². The molecule has 34 heavy (non-hydrogen) atoms. The topological polar surface area (TPSA) is 35.9 Å². The largest absolute Gasteiger partial charge is 0.492 e. The summed E-state index contributed by atoms with van der Waals surface area (Å²) in [5, 5.41) is 12.6. The molecule has 0 radical (unpaired) electrons. The molecule has 180 valence electrons. The quantitative estimate of drug-likeness (QED) is 0.497. The van der Waals surface area contributed by atoms with Crippen molar-refractivity contribution in [1.82, 2.24) is 4.90 Å². The van der Waals surface area contributed by atoms with Crippen molar-refractivity contribution in [2.45, 2.75) is 51.0 Å². The van der Waals surface area contributed by atoms with Gasteiger partial charge >= 0.3 is 0 Å². The lowest BCUT2D eigenvalue weighted by Crippen LogP contribution is -2.36. The zero-order valence-electron chi connectivity index (χ0n) is 20.3. The third-order valence-electron chi connectivity index (χ3n) is 7.50. The van der Waals surface area contributed by atoms with Gasteiger partial charge in [-0.05, 0) is 78.9 Å². The lowest BCUT2D eigenvalue weighted by molar-refractivity contribution is 0.145. The minimum atomic E-state index is -0.160. The van der Waals surface area contributed by atoms with E-state index in [4.69, 9.17) is 4.74 Å². The summed E-state index contributed by atoms with van der Waals surface area (Å²) < 4.78 is 6.08. The first-order valence-corrected chi connectivity index (χ1v) is 13.1. The summed E-state index contributed by atoms with van der Waals surface area (Å²) in [6.07, 6.45) is 7.81. The number of piperidine rings is 1. The van der Waals surface area contributed by atoms with Crippen LogP contribution in [-0.4, -0.2) is 55.4 Å². The number of likely N-dealkylation sites (tertiary alicyclic amines) is 1. The van der Waals surface area contributed by atoms with Crippen molar-refractivity contribution in [2.75, 3.05) is 44.2 Å². The summed E-state index contributed by atoms with van der Waals surface area (Å²) in [7, 11) is 0. The average Bonchev–Trinajstić information content (AvgIpc) is 3.15. The maximum atomic E-state index is 9.98. The van der Waals surface area contributed by atoms with Crippen LogP contribution in [0, 0.1) is 0 Å². The molecule has 2 heterocycles. The molecular formula is C30H38N2O2. The fourth-order valence-electron chi connectivity index (χ4n) is 5.47. The number of rotatable bonds is 7. The van der Waals surface area contributed by atoms with Gasteiger partial charge in [0.25, 0.3) is 0 Å². The third kappa shape index (κ3) is 5.73. The van der Waals surface area contributed by atoms with E-state index < -0.39 is 0 Å². The van der Waals surface area contributed by atoms with E-state index >= 15 is 0 Å². The molecule has 4 heteroatoms. The normalized spacial score (nSPS) is 18.2. The summed E-state index contributed by atoms with van der Waals surface area (Å²) >= 11 is 0. The number of benzene rings is 3. The summed E-state index contributed by atoms with van der Waals surface area (Å²) in [5.74, 6) is 0.960. The summed E-state index contributed by atoms with van der Waals surface area (Å²) in [5.41, 5.74) is 3.99. The molecule has 0 atom stereocenters. The molecule has 1 N–H and O–H groups in total. The maximum absolute atomic E-state index is 9.98. The fraction of sp³-hybridized carbons (Fsp3) is 0.467. The Bertz CT molecular complexity index is 1050. The van der Waals surface area contributed by atoms with Crippen LogP contribution in [-0.2, 0) is 6.42 Å². The number of anilines is 1. The average molecular weight is 459 g/mol. The van der Waals surface area contributed by atoms with E-state index in [1.807, 2.05) is 0 Å². The van der Waals surface area contributed by atoms with Crippen molar-refractivity contribution in [1.29, 1.82) is 0 Å². The van der Waals surface area contributed by atoms with Gasteiger partial charge in [0.2, 0.25) is 0 Å². The van der Waals surface area contributed by atoms with Gasteiger partial charge in [-0.3, -0.25) is 4.90 Å². The number of fused-ring (bicyclic) bond motifs is 1. The first kappa shape index (κ1) is 23.2. The van der Waals surface area contributed by atoms with E-state index in [1.165, 1.54) is 66.4 Å². The van der Waals surface area contributed by atoms with Gasteiger partial charge in [0.05, 0.1) is 6.10 Å². The number of aliphatic hydroxyl groups is 1. The molecule has 2 fully saturated rings. The highest BCUT2D eigenvalue weighted by atomic mass is 16.5.